The fraction of sp³-hybridized carbons (Fsp3) is 0.304. The summed E-state index contributed by atoms with van der Waals surface area (Å²) in [4.78, 5) is 22.3. The first kappa shape index (κ1) is 18.4. The molecule has 2 heterocycles. The molecular weight excluding hydrogens is 350 g/mol. The Hall–Kier alpha value is -2.92. The number of aromatic nitrogens is 2. The first-order valence-electron chi connectivity index (χ1n) is 9.84. The first-order valence-corrected chi connectivity index (χ1v) is 9.84. The SMILES string of the molecule is O=C(c1cccc(-c2ncc[nH]2)c1)N1CCO[C@@H](CCCc2ccccc2)C1. The molecule has 0 unspecified atom stereocenters. The first-order chi connectivity index (χ1) is 13.8. The van der Waals surface area contributed by atoms with E-state index in [0.717, 1.165) is 30.7 Å². The van der Waals surface area contributed by atoms with Crippen molar-refractivity contribution in [2.75, 3.05) is 19.7 Å². The highest BCUT2D eigenvalue weighted by Crippen LogP contribution is 2.19. The minimum atomic E-state index is 0.0600. The molecule has 0 spiro atoms. The van der Waals surface area contributed by atoms with Crippen molar-refractivity contribution in [3.63, 3.8) is 0 Å². The molecule has 0 radical (unpaired) electrons. The molecule has 0 bridgehead atoms. The molecule has 5 nitrogen and oxygen atoms in total. The van der Waals surface area contributed by atoms with Gasteiger partial charge in [0.15, 0.2) is 0 Å². The second kappa shape index (κ2) is 8.85. The van der Waals surface area contributed by atoms with E-state index < -0.39 is 0 Å². The fourth-order valence-electron chi connectivity index (χ4n) is 3.66. The molecule has 144 valence electrons. The number of hydrogen-bond acceptors (Lipinski definition) is 3. The Bertz CT molecular complexity index is 893. The predicted octanol–water partition coefficient (Wildman–Crippen LogP) is 3.94. The second-order valence-corrected chi connectivity index (χ2v) is 7.14. The smallest absolute Gasteiger partial charge is 0.254 e. The van der Waals surface area contributed by atoms with Crippen LogP contribution in [0.3, 0.4) is 0 Å². The summed E-state index contributed by atoms with van der Waals surface area (Å²) in [7, 11) is 0. The van der Waals surface area contributed by atoms with Crippen LogP contribution < -0.4 is 0 Å². The molecule has 1 N–H and O–H groups in total. The van der Waals surface area contributed by atoms with Crippen molar-refractivity contribution in [2.45, 2.75) is 25.4 Å². The van der Waals surface area contributed by atoms with Gasteiger partial charge >= 0.3 is 0 Å². The van der Waals surface area contributed by atoms with Gasteiger partial charge in [0.25, 0.3) is 5.91 Å². The Morgan fingerprint density at radius 1 is 1.18 bits per heavy atom. The van der Waals surface area contributed by atoms with Gasteiger partial charge in [-0.1, -0.05) is 42.5 Å². The zero-order valence-electron chi connectivity index (χ0n) is 15.9. The Kier molecular flexibility index (Phi) is 5.83. The molecule has 1 aliphatic rings. The van der Waals surface area contributed by atoms with E-state index in [2.05, 4.69) is 34.2 Å². The average Bonchev–Trinajstić information content (AvgIpc) is 3.29. The maximum Gasteiger partial charge on any atom is 0.254 e. The predicted molar refractivity (Wildman–Crippen MR) is 109 cm³/mol. The summed E-state index contributed by atoms with van der Waals surface area (Å²) in [5, 5.41) is 0. The van der Waals surface area contributed by atoms with Crippen molar-refractivity contribution in [3.8, 4) is 11.4 Å². The number of hydrogen-bond donors (Lipinski definition) is 1. The number of rotatable bonds is 6. The van der Waals surface area contributed by atoms with Crippen LogP contribution in [-0.2, 0) is 11.2 Å². The molecule has 4 rings (SSSR count). The van der Waals surface area contributed by atoms with Crippen LogP contribution in [0.1, 0.15) is 28.8 Å². The van der Waals surface area contributed by atoms with Crippen molar-refractivity contribution in [3.05, 3.63) is 78.1 Å². The lowest BCUT2D eigenvalue weighted by Gasteiger charge is -2.33. The summed E-state index contributed by atoms with van der Waals surface area (Å²) in [6, 6.07) is 18.1. The molecule has 0 saturated carbocycles. The maximum atomic E-state index is 13.0. The number of ether oxygens (including phenoxy) is 1. The van der Waals surface area contributed by atoms with Gasteiger partial charge in [-0.2, -0.15) is 0 Å². The third-order valence-electron chi connectivity index (χ3n) is 5.14. The number of carbonyl (C=O) groups excluding carboxylic acids is 1. The minimum Gasteiger partial charge on any atom is -0.375 e. The lowest BCUT2D eigenvalue weighted by molar-refractivity contribution is -0.0255. The molecule has 1 saturated heterocycles. The monoisotopic (exact) mass is 375 g/mol. The topological polar surface area (TPSA) is 58.2 Å². The number of nitrogens with one attached hydrogen (secondary N) is 1. The van der Waals surface area contributed by atoms with Crippen molar-refractivity contribution in [1.82, 2.24) is 14.9 Å². The van der Waals surface area contributed by atoms with Gasteiger partial charge in [-0.05, 0) is 37.0 Å². The Balaban J connectivity index is 1.35. The van der Waals surface area contributed by atoms with Gasteiger partial charge in [-0.3, -0.25) is 4.79 Å². The van der Waals surface area contributed by atoms with Crippen LogP contribution in [0.15, 0.2) is 67.0 Å². The quantitative estimate of drug-likeness (QED) is 0.710. The van der Waals surface area contributed by atoms with Crippen LogP contribution in [0.4, 0.5) is 0 Å². The van der Waals surface area contributed by atoms with Gasteiger partial charge in [0, 0.05) is 36.6 Å². The number of morpholine rings is 1. The van der Waals surface area contributed by atoms with E-state index >= 15 is 0 Å². The van der Waals surface area contributed by atoms with E-state index in [-0.39, 0.29) is 12.0 Å². The number of imidazole rings is 1. The Labute approximate surface area is 165 Å². The fourth-order valence-corrected chi connectivity index (χ4v) is 3.66. The standard InChI is InChI=1S/C23H25N3O2/c27-23(20-10-5-9-19(16-20)22-24-12-13-25-22)26-14-15-28-21(17-26)11-4-8-18-6-2-1-3-7-18/h1-3,5-7,9-10,12-13,16,21H,4,8,11,14-15,17H2,(H,24,25)/t21-/m0/s1. The zero-order chi connectivity index (χ0) is 19.2. The van der Waals surface area contributed by atoms with Crippen LogP contribution in [0, 0.1) is 0 Å². The number of aryl methyl sites for hydroxylation is 1. The summed E-state index contributed by atoms with van der Waals surface area (Å²) in [5.41, 5.74) is 2.96. The maximum absolute atomic E-state index is 13.0. The average molecular weight is 375 g/mol. The molecule has 1 amide bonds. The molecule has 3 aromatic rings. The third kappa shape index (κ3) is 4.49. The van der Waals surface area contributed by atoms with Crippen LogP contribution >= 0.6 is 0 Å². The summed E-state index contributed by atoms with van der Waals surface area (Å²) in [6.45, 7) is 1.89. The molecule has 1 atom stereocenters. The highest BCUT2D eigenvalue weighted by molar-refractivity contribution is 5.95. The number of aromatic amines is 1. The summed E-state index contributed by atoms with van der Waals surface area (Å²) >= 11 is 0. The summed E-state index contributed by atoms with van der Waals surface area (Å²) in [6.07, 6.45) is 6.67. The van der Waals surface area contributed by atoms with Crippen molar-refractivity contribution >= 4 is 5.91 Å². The van der Waals surface area contributed by atoms with E-state index in [1.807, 2.05) is 35.2 Å². The van der Waals surface area contributed by atoms with Gasteiger partial charge in [-0.25, -0.2) is 4.98 Å². The third-order valence-corrected chi connectivity index (χ3v) is 5.14. The largest absolute Gasteiger partial charge is 0.375 e. The molecule has 28 heavy (non-hydrogen) atoms. The van der Waals surface area contributed by atoms with Gasteiger partial charge in [0.1, 0.15) is 5.82 Å². The van der Waals surface area contributed by atoms with Crippen LogP contribution in [0.25, 0.3) is 11.4 Å². The lowest BCUT2D eigenvalue weighted by atomic mass is 10.0. The number of amides is 1. The summed E-state index contributed by atoms with van der Waals surface area (Å²) in [5.74, 6) is 0.834. The van der Waals surface area contributed by atoms with E-state index in [1.165, 1.54) is 5.56 Å². The van der Waals surface area contributed by atoms with E-state index in [1.54, 1.807) is 12.4 Å². The molecule has 2 aromatic carbocycles. The molecule has 1 aromatic heterocycles. The van der Waals surface area contributed by atoms with E-state index in [9.17, 15) is 4.79 Å². The van der Waals surface area contributed by atoms with Crippen LogP contribution in [-0.4, -0.2) is 46.6 Å². The van der Waals surface area contributed by atoms with Crippen LogP contribution in [0.2, 0.25) is 0 Å². The van der Waals surface area contributed by atoms with Gasteiger partial charge in [0.05, 0.1) is 12.7 Å². The normalized spacial score (nSPS) is 16.9. The molecule has 5 heteroatoms. The Morgan fingerprint density at radius 2 is 2.07 bits per heavy atom. The van der Waals surface area contributed by atoms with Gasteiger partial charge in [0.2, 0.25) is 0 Å². The molecular formula is C23H25N3O2. The van der Waals surface area contributed by atoms with Crippen molar-refractivity contribution < 1.29 is 9.53 Å². The second-order valence-electron chi connectivity index (χ2n) is 7.14. The van der Waals surface area contributed by atoms with Gasteiger partial charge in [-0.15, -0.1) is 0 Å². The van der Waals surface area contributed by atoms with Crippen LogP contribution in [0.5, 0.6) is 0 Å². The number of nitrogens with zero attached hydrogens (tertiary/aromatic N) is 2. The molecule has 1 fully saturated rings. The van der Waals surface area contributed by atoms with Gasteiger partial charge < -0.3 is 14.6 Å². The highest BCUT2D eigenvalue weighted by atomic mass is 16.5. The van der Waals surface area contributed by atoms with E-state index in [0.29, 0.717) is 25.3 Å². The number of benzene rings is 2. The lowest BCUT2D eigenvalue weighted by Crippen LogP contribution is -2.45. The summed E-state index contributed by atoms with van der Waals surface area (Å²) < 4.78 is 5.91. The molecule has 0 aliphatic carbocycles. The number of H-pyrrole nitrogens is 1. The minimum absolute atomic E-state index is 0.0600. The van der Waals surface area contributed by atoms with Crippen molar-refractivity contribution in [2.24, 2.45) is 0 Å². The zero-order valence-corrected chi connectivity index (χ0v) is 15.9. The highest BCUT2D eigenvalue weighted by Gasteiger charge is 2.25. The number of carbonyl (C=O) groups is 1. The van der Waals surface area contributed by atoms with E-state index in [4.69, 9.17) is 4.74 Å². The Morgan fingerprint density at radius 3 is 2.89 bits per heavy atom. The van der Waals surface area contributed by atoms with Crippen molar-refractivity contribution in [1.29, 1.82) is 0 Å². The molecule has 1 aliphatic heterocycles.